The van der Waals surface area contributed by atoms with Crippen LogP contribution in [-0.2, 0) is 9.53 Å². The largest absolute Gasteiger partial charge is 0.493 e. The highest BCUT2D eigenvalue weighted by atomic mass is 16.5. The van der Waals surface area contributed by atoms with Crippen LogP contribution in [0, 0.1) is 0 Å². The molecule has 0 N–H and O–H groups in total. The lowest BCUT2D eigenvalue weighted by Crippen LogP contribution is -2.49. The number of piperazine rings is 1. The van der Waals surface area contributed by atoms with E-state index in [0.29, 0.717) is 31.0 Å². The first kappa shape index (κ1) is 18.8. The molecule has 27 heavy (non-hydrogen) atoms. The van der Waals surface area contributed by atoms with Crippen molar-refractivity contribution < 1.29 is 19.1 Å². The van der Waals surface area contributed by atoms with E-state index in [1.165, 1.54) is 0 Å². The molecule has 3 rings (SSSR count). The fourth-order valence-corrected chi connectivity index (χ4v) is 3.07. The Hall–Kier alpha value is -3.02. The molecule has 1 aliphatic heterocycles. The molecule has 2 aromatic carbocycles. The van der Waals surface area contributed by atoms with E-state index in [2.05, 4.69) is 17.0 Å². The molecule has 1 saturated heterocycles. The zero-order valence-electron chi connectivity index (χ0n) is 15.5. The van der Waals surface area contributed by atoms with E-state index in [-0.39, 0.29) is 12.5 Å². The van der Waals surface area contributed by atoms with Crippen LogP contribution in [0.1, 0.15) is 17.3 Å². The van der Waals surface area contributed by atoms with Crippen molar-refractivity contribution >= 4 is 17.6 Å². The molecule has 1 heterocycles. The summed E-state index contributed by atoms with van der Waals surface area (Å²) in [6.07, 6.45) is 0. The summed E-state index contributed by atoms with van der Waals surface area (Å²) in [6.45, 7) is 4.79. The number of esters is 1. The Morgan fingerprint density at radius 2 is 1.59 bits per heavy atom. The molecule has 0 bridgehead atoms. The predicted octanol–water partition coefficient (Wildman–Crippen LogP) is 2.59. The number of rotatable bonds is 6. The lowest BCUT2D eigenvalue weighted by molar-refractivity contribution is -0.134. The minimum absolute atomic E-state index is 0.176. The van der Waals surface area contributed by atoms with Crippen LogP contribution in [0.5, 0.6) is 5.75 Å². The molecule has 1 amide bonds. The SMILES string of the molecule is CCOc1ccccc1C(=O)OCC(=O)N1CCN(c2ccccc2)CC1. The monoisotopic (exact) mass is 368 g/mol. The molecule has 0 aromatic heterocycles. The summed E-state index contributed by atoms with van der Waals surface area (Å²) in [7, 11) is 0. The van der Waals surface area contributed by atoms with Gasteiger partial charge < -0.3 is 19.3 Å². The number of benzene rings is 2. The smallest absolute Gasteiger partial charge is 0.342 e. The highest BCUT2D eigenvalue weighted by molar-refractivity contribution is 5.94. The standard InChI is InChI=1S/C21H24N2O4/c1-2-26-19-11-7-6-10-18(19)21(25)27-16-20(24)23-14-12-22(13-15-23)17-8-4-3-5-9-17/h3-11H,2,12-16H2,1H3. The van der Waals surface area contributed by atoms with Gasteiger partial charge in [0.2, 0.25) is 0 Å². The molecular weight excluding hydrogens is 344 g/mol. The minimum atomic E-state index is -0.546. The maximum Gasteiger partial charge on any atom is 0.342 e. The molecule has 0 spiro atoms. The number of ether oxygens (including phenoxy) is 2. The first-order valence-electron chi connectivity index (χ1n) is 9.15. The number of anilines is 1. The lowest BCUT2D eigenvalue weighted by Gasteiger charge is -2.36. The van der Waals surface area contributed by atoms with E-state index in [0.717, 1.165) is 18.8 Å². The van der Waals surface area contributed by atoms with Crippen LogP contribution in [0.2, 0.25) is 0 Å². The Bertz CT molecular complexity index is 771. The average Bonchev–Trinajstić information content (AvgIpc) is 2.73. The first-order valence-corrected chi connectivity index (χ1v) is 9.15. The van der Waals surface area contributed by atoms with E-state index in [1.54, 1.807) is 29.2 Å². The van der Waals surface area contributed by atoms with Gasteiger partial charge in [-0.1, -0.05) is 30.3 Å². The van der Waals surface area contributed by atoms with Gasteiger partial charge in [-0.15, -0.1) is 0 Å². The van der Waals surface area contributed by atoms with Gasteiger partial charge in [0.05, 0.1) is 6.61 Å². The highest BCUT2D eigenvalue weighted by Gasteiger charge is 2.23. The van der Waals surface area contributed by atoms with Gasteiger partial charge in [-0.25, -0.2) is 4.79 Å². The van der Waals surface area contributed by atoms with Gasteiger partial charge in [-0.05, 0) is 31.2 Å². The number of carbonyl (C=O) groups excluding carboxylic acids is 2. The van der Waals surface area contributed by atoms with E-state index in [4.69, 9.17) is 9.47 Å². The molecule has 0 aliphatic carbocycles. The molecule has 6 nitrogen and oxygen atoms in total. The molecule has 142 valence electrons. The van der Waals surface area contributed by atoms with Gasteiger partial charge in [0.1, 0.15) is 11.3 Å². The van der Waals surface area contributed by atoms with E-state index >= 15 is 0 Å². The van der Waals surface area contributed by atoms with Crippen molar-refractivity contribution in [3.8, 4) is 5.75 Å². The Kier molecular flexibility index (Phi) is 6.30. The highest BCUT2D eigenvalue weighted by Crippen LogP contribution is 2.19. The third-order valence-electron chi connectivity index (χ3n) is 4.49. The Labute approximate surface area is 159 Å². The maximum absolute atomic E-state index is 12.4. The van der Waals surface area contributed by atoms with Crippen molar-refractivity contribution in [2.45, 2.75) is 6.92 Å². The molecule has 1 fully saturated rings. The minimum Gasteiger partial charge on any atom is -0.493 e. The van der Waals surface area contributed by atoms with Crippen molar-refractivity contribution in [2.24, 2.45) is 0 Å². The number of para-hydroxylation sites is 2. The molecule has 2 aromatic rings. The maximum atomic E-state index is 12.4. The number of hydrogen-bond donors (Lipinski definition) is 0. The van der Waals surface area contributed by atoms with E-state index < -0.39 is 5.97 Å². The lowest BCUT2D eigenvalue weighted by atomic mass is 10.2. The summed E-state index contributed by atoms with van der Waals surface area (Å²) in [5.41, 5.74) is 1.49. The van der Waals surface area contributed by atoms with Crippen molar-refractivity contribution in [3.05, 3.63) is 60.2 Å². The van der Waals surface area contributed by atoms with Crippen LogP contribution < -0.4 is 9.64 Å². The second kappa shape index (κ2) is 9.07. The second-order valence-corrected chi connectivity index (χ2v) is 6.21. The van der Waals surface area contributed by atoms with Crippen LogP contribution in [0.3, 0.4) is 0 Å². The van der Waals surface area contributed by atoms with Crippen LogP contribution >= 0.6 is 0 Å². The molecule has 1 aliphatic rings. The summed E-state index contributed by atoms with van der Waals surface area (Å²) >= 11 is 0. The number of hydrogen-bond acceptors (Lipinski definition) is 5. The molecule has 0 radical (unpaired) electrons. The normalized spacial score (nSPS) is 14.0. The predicted molar refractivity (Wildman–Crippen MR) is 103 cm³/mol. The Morgan fingerprint density at radius 3 is 2.30 bits per heavy atom. The fourth-order valence-electron chi connectivity index (χ4n) is 3.07. The van der Waals surface area contributed by atoms with Crippen LogP contribution in [0.15, 0.2) is 54.6 Å². The van der Waals surface area contributed by atoms with Crippen molar-refractivity contribution in [3.63, 3.8) is 0 Å². The average molecular weight is 368 g/mol. The summed E-state index contributed by atoms with van der Waals surface area (Å²) in [4.78, 5) is 28.7. The molecule has 0 unspecified atom stereocenters. The van der Waals surface area contributed by atoms with Gasteiger partial charge in [-0.3, -0.25) is 4.79 Å². The quantitative estimate of drug-likeness (QED) is 0.734. The van der Waals surface area contributed by atoms with E-state index in [9.17, 15) is 9.59 Å². The van der Waals surface area contributed by atoms with Crippen molar-refractivity contribution in [1.82, 2.24) is 4.90 Å². The topological polar surface area (TPSA) is 59.1 Å². The summed E-state index contributed by atoms with van der Waals surface area (Å²) in [5, 5.41) is 0. The fraction of sp³-hybridized carbons (Fsp3) is 0.333. The molecule has 0 atom stereocenters. The Morgan fingerprint density at radius 1 is 0.926 bits per heavy atom. The van der Waals surface area contributed by atoms with Gasteiger partial charge in [-0.2, -0.15) is 0 Å². The molecule has 6 heteroatoms. The van der Waals surface area contributed by atoms with Gasteiger partial charge in [0, 0.05) is 31.9 Å². The van der Waals surface area contributed by atoms with Gasteiger partial charge >= 0.3 is 5.97 Å². The number of amides is 1. The van der Waals surface area contributed by atoms with E-state index in [1.807, 2.05) is 25.1 Å². The summed E-state index contributed by atoms with van der Waals surface area (Å²) in [5.74, 6) is -0.255. The van der Waals surface area contributed by atoms with Crippen LogP contribution in [-0.4, -0.2) is 56.2 Å². The molecule has 0 saturated carbocycles. The Balaban J connectivity index is 1.50. The zero-order valence-corrected chi connectivity index (χ0v) is 15.5. The number of carbonyl (C=O) groups is 2. The van der Waals surface area contributed by atoms with Crippen molar-refractivity contribution in [1.29, 1.82) is 0 Å². The number of nitrogens with zero attached hydrogens (tertiary/aromatic N) is 2. The molecular formula is C21H24N2O4. The third kappa shape index (κ3) is 4.78. The van der Waals surface area contributed by atoms with Crippen molar-refractivity contribution in [2.75, 3.05) is 44.3 Å². The first-order chi connectivity index (χ1) is 13.2. The van der Waals surface area contributed by atoms with Gasteiger partial charge in [0.15, 0.2) is 6.61 Å². The summed E-state index contributed by atoms with van der Waals surface area (Å²) < 4.78 is 10.7. The van der Waals surface area contributed by atoms with Crippen LogP contribution in [0.25, 0.3) is 0 Å². The third-order valence-corrected chi connectivity index (χ3v) is 4.49. The second-order valence-electron chi connectivity index (χ2n) is 6.21. The summed E-state index contributed by atoms with van der Waals surface area (Å²) in [6, 6.07) is 17.0. The van der Waals surface area contributed by atoms with Gasteiger partial charge in [0.25, 0.3) is 5.91 Å². The zero-order chi connectivity index (χ0) is 19.1. The van der Waals surface area contributed by atoms with Crippen LogP contribution in [0.4, 0.5) is 5.69 Å².